The minimum Gasteiger partial charge on any atom is 2.00 e. The molecule has 0 aromatic carbocycles. The minimum absolute atomic E-state index is 0. The van der Waals surface area contributed by atoms with E-state index in [1.165, 1.54) is 0 Å². The van der Waals surface area contributed by atoms with Crippen molar-refractivity contribution in [3.63, 3.8) is 0 Å². The van der Waals surface area contributed by atoms with Gasteiger partial charge in [0.05, 0.1) is 0 Å². The van der Waals surface area contributed by atoms with Crippen LogP contribution in [-0.4, -0.2) is 16.0 Å². The predicted octanol–water partition coefficient (Wildman–Crippen LogP) is -1.69. The van der Waals surface area contributed by atoms with Gasteiger partial charge >= 0.3 is 40.9 Å². The average Bonchev–Trinajstić information content (AvgIpc) is 0.918. The van der Waals surface area contributed by atoms with Crippen LogP contribution in [0.5, 0.6) is 0 Å². The van der Waals surface area contributed by atoms with Gasteiger partial charge in [-0.3, -0.25) is 0 Å². The van der Waals surface area contributed by atoms with Crippen LogP contribution in [-0.2, 0) is 20.8 Å². The largest absolute Gasteiger partial charge is 2.00 e. The van der Waals surface area contributed by atoms with Crippen molar-refractivity contribution in [3.8, 4) is 0 Å². The van der Waals surface area contributed by atoms with Gasteiger partial charge in [0, 0.05) is 0 Å². The molecule has 0 aromatic heterocycles. The molecule has 0 atom stereocenters. The molecule has 0 unspecified atom stereocenters. The van der Waals surface area contributed by atoms with Gasteiger partial charge in [0.15, 0.2) is 0 Å². The van der Waals surface area contributed by atoms with Crippen molar-refractivity contribution in [1.82, 2.24) is 0 Å². The standard InChI is InChI=1S/AsHO2.Cu/c2-1-3;/h(H,2,3);/q;+2/p-1. The Kier molecular flexibility index (Phi) is 20.2. The van der Waals surface area contributed by atoms with Gasteiger partial charge in [0.2, 0.25) is 0 Å². The SMILES string of the molecule is O=[As][O-].[Cu+2]. The van der Waals surface area contributed by atoms with E-state index in [1.807, 2.05) is 0 Å². The molecule has 0 saturated carbocycles. The van der Waals surface area contributed by atoms with Gasteiger partial charge in [-0.1, -0.05) is 0 Å². The smallest absolute Gasteiger partial charge is 2.00 e. The van der Waals surface area contributed by atoms with E-state index in [0.717, 1.165) is 0 Å². The summed E-state index contributed by atoms with van der Waals surface area (Å²) in [6, 6.07) is 0. The van der Waals surface area contributed by atoms with Crippen molar-refractivity contribution in [2.45, 2.75) is 0 Å². The monoisotopic (exact) mass is 170 g/mol. The fourth-order valence-corrected chi connectivity index (χ4v) is 0. The summed E-state index contributed by atoms with van der Waals surface area (Å²) in [4.78, 5) is 0. The molecular formula is AsCuO2+. The Morgan fingerprint density at radius 1 is 1.75 bits per heavy atom. The van der Waals surface area contributed by atoms with Gasteiger partial charge in [-0.05, 0) is 0 Å². The Morgan fingerprint density at radius 3 is 1.75 bits per heavy atom. The molecule has 1 radical (unpaired) electrons. The van der Waals surface area contributed by atoms with E-state index >= 15 is 0 Å². The fourth-order valence-electron chi connectivity index (χ4n) is 0. The summed E-state index contributed by atoms with van der Waals surface area (Å²) in [5.74, 6) is 0. The van der Waals surface area contributed by atoms with E-state index in [2.05, 4.69) is 0 Å². The summed E-state index contributed by atoms with van der Waals surface area (Å²) in [6.07, 6.45) is 0. The first-order chi connectivity index (χ1) is 1.41. The van der Waals surface area contributed by atoms with Gasteiger partial charge in [-0.15, -0.1) is 0 Å². The molecule has 0 amide bonds. The van der Waals surface area contributed by atoms with Gasteiger partial charge in [-0.25, -0.2) is 0 Å². The summed E-state index contributed by atoms with van der Waals surface area (Å²) in [5, 5.41) is 0. The molecule has 0 spiro atoms. The van der Waals surface area contributed by atoms with E-state index < -0.39 is 16.0 Å². The second-order valence-corrected chi connectivity index (χ2v) is 0.387. The van der Waals surface area contributed by atoms with Crippen LogP contribution < -0.4 is 4.10 Å². The van der Waals surface area contributed by atoms with Crippen LogP contribution in [0, 0.1) is 0 Å². The Bertz CT molecular complexity index is 13.5. The van der Waals surface area contributed by atoms with Crippen LogP contribution >= 0.6 is 0 Å². The third-order valence-corrected chi connectivity index (χ3v) is 0. The van der Waals surface area contributed by atoms with Crippen molar-refractivity contribution < 1.29 is 24.9 Å². The molecule has 27 valence electrons. The van der Waals surface area contributed by atoms with E-state index in [0.29, 0.717) is 0 Å². The van der Waals surface area contributed by atoms with Crippen molar-refractivity contribution in [2.75, 3.05) is 0 Å². The zero-order valence-electron chi connectivity index (χ0n) is 1.57. The molecule has 0 fully saturated rings. The molecule has 0 aliphatic heterocycles. The molecule has 0 aliphatic carbocycles. The molecule has 0 saturated heterocycles. The van der Waals surface area contributed by atoms with Crippen LogP contribution in [0.1, 0.15) is 0 Å². The summed E-state index contributed by atoms with van der Waals surface area (Å²) in [5.41, 5.74) is 0. The van der Waals surface area contributed by atoms with Gasteiger partial charge in [0.1, 0.15) is 0 Å². The third kappa shape index (κ3) is 13.7. The fraction of sp³-hybridized carbons (Fsp3) is 0. The first-order valence-corrected chi connectivity index (χ1v) is 1.90. The maximum Gasteiger partial charge on any atom is 2.00 e. The average molecular weight is 170 g/mol. The van der Waals surface area contributed by atoms with Crippen molar-refractivity contribution in [3.05, 3.63) is 0 Å². The van der Waals surface area contributed by atoms with Crippen LogP contribution in [0.3, 0.4) is 0 Å². The Morgan fingerprint density at radius 2 is 1.75 bits per heavy atom. The Hall–Kier alpha value is 0.838. The van der Waals surface area contributed by atoms with Crippen LogP contribution in [0.2, 0.25) is 0 Å². The second-order valence-electron chi connectivity index (χ2n) is 0.0745. The van der Waals surface area contributed by atoms with Gasteiger partial charge in [0.25, 0.3) is 0 Å². The van der Waals surface area contributed by atoms with Crippen molar-refractivity contribution in [2.24, 2.45) is 0 Å². The summed E-state index contributed by atoms with van der Waals surface area (Å²) in [7, 11) is 0. The normalized spacial score (nSPS) is 5.25. The predicted molar refractivity (Wildman–Crippen MR) is 6.44 cm³/mol. The second kappa shape index (κ2) is 9.15. The number of hydrogen-bond donors (Lipinski definition) is 0. The first-order valence-electron chi connectivity index (χ1n) is 0.365. The van der Waals surface area contributed by atoms with Gasteiger partial charge < -0.3 is 0 Å². The topological polar surface area (TPSA) is 40.1 Å². The Balaban J connectivity index is 0. The van der Waals surface area contributed by atoms with E-state index in [-0.39, 0.29) is 17.1 Å². The molecule has 4 heavy (non-hydrogen) atoms. The molecular weight excluding hydrogens is 170 g/mol. The van der Waals surface area contributed by atoms with E-state index in [1.54, 1.807) is 0 Å². The maximum atomic E-state index is 8.47. The zero-order valence-corrected chi connectivity index (χ0v) is 4.38. The molecule has 2 nitrogen and oxygen atoms in total. The summed E-state index contributed by atoms with van der Waals surface area (Å²) < 4.78 is 16.9. The first kappa shape index (κ1) is 8.85. The third-order valence-electron chi connectivity index (χ3n) is 0. The Labute approximate surface area is 41.3 Å². The zero-order chi connectivity index (χ0) is 2.71. The molecule has 0 aliphatic rings. The van der Waals surface area contributed by atoms with E-state index in [9.17, 15) is 0 Å². The minimum atomic E-state index is -1.81. The summed E-state index contributed by atoms with van der Waals surface area (Å²) in [6.45, 7) is 0. The number of hydrogen-bond acceptors (Lipinski definition) is 2. The van der Waals surface area contributed by atoms with Crippen LogP contribution in [0.4, 0.5) is 0 Å². The quantitative estimate of drug-likeness (QED) is 0.407. The molecule has 4 heteroatoms. The molecule has 0 aromatic rings. The molecule has 0 N–H and O–H groups in total. The number of rotatable bonds is 0. The maximum absolute atomic E-state index is 8.47. The molecule has 0 rings (SSSR count). The summed E-state index contributed by atoms with van der Waals surface area (Å²) >= 11 is -1.81. The van der Waals surface area contributed by atoms with E-state index in [4.69, 9.17) is 7.84 Å². The molecule has 0 heterocycles. The van der Waals surface area contributed by atoms with Crippen LogP contribution in [0.15, 0.2) is 0 Å². The van der Waals surface area contributed by atoms with Crippen LogP contribution in [0.25, 0.3) is 0 Å². The van der Waals surface area contributed by atoms with Gasteiger partial charge in [-0.2, -0.15) is 0 Å². The van der Waals surface area contributed by atoms with Crippen molar-refractivity contribution >= 4 is 16.0 Å². The molecule has 0 bridgehead atoms. The van der Waals surface area contributed by atoms with Crippen molar-refractivity contribution in [1.29, 1.82) is 0 Å².